The zero-order valence-corrected chi connectivity index (χ0v) is 24.5. The first-order chi connectivity index (χ1) is 20.6. The summed E-state index contributed by atoms with van der Waals surface area (Å²) in [6.45, 7) is 0.795. The van der Waals surface area contributed by atoms with Crippen LogP contribution in [0.25, 0.3) is 11.3 Å². The number of sulfonamides is 1. The summed E-state index contributed by atoms with van der Waals surface area (Å²) < 4.78 is 28.5. The highest BCUT2D eigenvalue weighted by molar-refractivity contribution is 7.92. The summed E-state index contributed by atoms with van der Waals surface area (Å²) in [5.41, 5.74) is 4.03. The highest BCUT2D eigenvalue weighted by Crippen LogP contribution is 2.39. The SMILES string of the molecule is CN(C)CCN(c1ccc(NC(=C2C(=O)Nc3ccc([N+](=O)[O-])cc32)c2ccccc2)cc1)S(=O)(=O)Cc1ccccc1. The second-order valence-electron chi connectivity index (χ2n) is 10.3. The van der Waals surface area contributed by atoms with Gasteiger partial charge in [-0.2, -0.15) is 0 Å². The Labute approximate surface area is 250 Å². The van der Waals surface area contributed by atoms with Crippen LogP contribution in [0, 0.1) is 10.1 Å². The average molecular weight is 598 g/mol. The van der Waals surface area contributed by atoms with Gasteiger partial charge in [0.2, 0.25) is 10.0 Å². The molecule has 0 fully saturated rings. The van der Waals surface area contributed by atoms with Crippen LogP contribution in [0.2, 0.25) is 0 Å². The summed E-state index contributed by atoms with van der Waals surface area (Å²) in [7, 11) is 0.0779. The van der Waals surface area contributed by atoms with E-state index in [-0.39, 0.29) is 29.5 Å². The molecule has 10 nitrogen and oxygen atoms in total. The zero-order valence-electron chi connectivity index (χ0n) is 23.7. The lowest BCUT2D eigenvalue weighted by Crippen LogP contribution is -2.37. The second kappa shape index (κ2) is 12.5. The summed E-state index contributed by atoms with van der Waals surface area (Å²) in [6.07, 6.45) is 0. The minimum Gasteiger partial charge on any atom is -0.354 e. The Morgan fingerprint density at radius 2 is 1.53 bits per heavy atom. The molecule has 4 aromatic rings. The molecule has 1 aliphatic rings. The lowest BCUT2D eigenvalue weighted by atomic mass is 9.99. The van der Waals surface area contributed by atoms with Gasteiger partial charge < -0.3 is 15.5 Å². The number of rotatable bonds is 11. The molecule has 1 heterocycles. The maximum atomic E-state index is 13.6. The number of carbonyl (C=O) groups is 1. The van der Waals surface area contributed by atoms with Crippen molar-refractivity contribution in [2.24, 2.45) is 0 Å². The molecule has 1 aliphatic heterocycles. The van der Waals surface area contributed by atoms with Crippen molar-refractivity contribution in [3.8, 4) is 0 Å². The summed E-state index contributed by atoms with van der Waals surface area (Å²) >= 11 is 0. The van der Waals surface area contributed by atoms with E-state index in [1.165, 1.54) is 22.5 Å². The minimum absolute atomic E-state index is 0.126. The number of nitrogens with one attached hydrogen (secondary N) is 2. The maximum Gasteiger partial charge on any atom is 0.270 e. The molecule has 11 heteroatoms. The number of amides is 1. The highest BCUT2D eigenvalue weighted by Gasteiger charge is 2.30. The number of hydrogen-bond acceptors (Lipinski definition) is 7. The third kappa shape index (κ3) is 6.74. The van der Waals surface area contributed by atoms with Crippen molar-refractivity contribution in [2.45, 2.75) is 5.75 Å². The first kappa shape index (κ1) is 29.5. The number of hydrogen-bond donors (Lipinski definition) is 2. The molecule has 0 atom stereocenters. The number of nitro benzene ring substituents is 1. The van der Waals surface area contributed by atoms with Gasteiger partial charge in [-0.25, -0.2) is 8.42 Å². The predicted octanol–water partition coefficient (Wildman–Crippen LogP) is 5.43. The highest BCUT2D eigenvalue weighted by atomic mass is 32.2. The fraction of sp³-hybridized carbons (Fsp3) is 0.156. The van der Waals surface area contributed by atoms with E-state index in [0.29, 0.717) is 46.0 Å². The smallest absolute Gasteiger partial charge is 0.270 e. The van der Waals surface area contributed by atoms with Crippen LogP contribution < -0.4 is 14.9 Å². The Morgan fingerprint density at radius 3 is 2.16 bits per heavy atom. The van der Waals surface area contributed by atoms with Gasteiger partial charge in [-0.05, 0) is 55.6 Å². The van der Waals surface area contributed by atoms with Gasteiger partial charge in [0.05, 0.1) is 27.6 Å². The molecule has 0 unspecified atom stereocenters. The number of nitrogens with zero attached hydrogens (tertiary/aromatic N) is 3. The van der Waals surface area contributed by atoms with Crippen molar-refractivity contribution >= 4 is 50.0 Å². The number of nitro groups is 1. The van der Waals surface area contributed by atoms with Crippen molar-refractivity contribution in [2.75, 3.05) is 42.1 Å². The third-order valence-corrected chi connectivity index (χ3v) is 8.74. The summed E-state index contributed by atoms with van der Waals surface area (Å²) in [6, 6.07) is 29.5. The van der Waals surface area contributed by atoms with Crippen LogP contribution in [0.3, 0.4) is 0 Å². The lowest BCUT2D eigenvalue weighted by molar-refractivity contribution is -0.384. The average Bonchev–Trinajstić information content (AvgIpc) is 3.31. The second-order valence-corrected chi connectivity index (χ2v) is 12.2. The minimum atomic E-state index is -3.70. The van der Waals surface area contributed by atoms with E-state index >= 15 is 0 Å². The Hall–Kier alpha value is -5.00. The van der Waals surface area contributed by atoms with Crippen LogP contribution in [-0.2, 0) is 20.6 Å². The largest absolute Gasteiger partial charge is 0.354 e. The summed E-state index contributed by atoms with van der Waals surface area (Å²) in [5, 5.41) is 17.6. The van der Waals surface area contributed by atoms with E-state index in [4.69, 9.17) is 0 Å². The van der Waals surface area contributed by atoms with E-state index in [0.717, 1.165) is 0 Å². The van der Waals surface area contributed by atoms with Crippen LogP contribution in [0.1, 0.15) is 16.7 Å². The Morgan fingerprint density at radius 1 is 0.884 bits per heavy atom. The molecule has 4 aromatic carbocycles. The molecule has 220 valence electrons. The van der Waals surface area contributed by atoms with Crippen LogP contribution >= 0.6 is 0 Å². The third-order valence-electron chi connectivity index (χ3n) is 6.97. The van der Waals surface area contributed by atoms with Crippen LogP contribution in [-0.4, -0.2) is 51.3 Å². The first-order valence-electron chi connectivity index (χ1n) is 13.6. The molecule has 2 N–H and O–H groups in total. The van der Waals surface area contributed by atoms with Crippen molar-refractivity contribution in [1.29, 1.82) is 0 Å². The van der Waals surface area contributed by atoms with Crippen molar-refractivity contribution in [3.63, 3.8) is 0 Å². The molecule has 0 radical (unpaired) electrons. The van der Waals surface area contributed by atoms with Crippen LogP contribution in [0.4, 0.5) is 22.7 Å². The zero-order chi connectivity index (χ0) is 30.6. The fourth-order valence-electron chi connectivity index (χ4n) is 4.84. The number of fused-ring (bicyclic) bond motifs is 1. The summed E-state index contributed by atoms with van der Waals surface area (Å²) in [4.78, 5) is 26.1. The summed E-state index contributed by atoms with van der Waals surface area (Å²) in [5.74, 6) is -0.521. The van der Waals surface area contributed by atoms with Crippen molar-refractivity contribution in [3.05, 3.63) is 130 Å². The standard InChI is InChI=1S/C32H31N5O5S/c1-35(2)19-20-36(43(41,42)22-23-9-5-3-6-10-23)26-15-13-25(14-16-26)33-31(24-11-7-4-8-12-24)30-28-21-27(37(39)40)17-18-29(28)34-32(30)38/h3-18,21,33H,19-20,22H2,1-2H3,(H,34,38). The number of likely N-dealkylation sites (N-methyl/N-ethyl adjacent to an activating group) is 1. The monoisotopic (exact) mass is 597 g/mol. The van der Waals surface area contributed by atoms with E-state index in [1.54, 1.807) is 36.4 Å². The van der Waals surface area contributed by atoms with Gasteiger partial charge in [0, 0.05) is 42.2 Å². The van der Waals surface area contributed by atoms with Crippen molar-refractivity contribution in [1.82, 2.24) is 4.90 Å². The molecule has 0 saturated carbocycles. The molecule has 1 amide bonds. The first-order valence-corrected chi connectivity index (χ1v) is 15.2. The molecule has 43 heavy (non-hydrogen) atoms. The van der Waals surface area contributed by atoms with Gasteiger partial charge >= 0.3 is 0 Å². The molecular weight excluding hydrogens is 566 g/mol. The van der Waals surface area contributed by atoms with E-state index in [1.807, 2.05) is 67.5 Å². The van der Waals surface area contributed by atoms with Crippen molar-refractivity contribution < 1.29 is 18.1 Å². The predicted molar refractivity (Wildman–Crippen MR) is 170 cm³/mol. The maximum absolute atomic E-state index is 13.6. The molecule has 0 aromatic heterocycles. The van der Waals surface area contributed by atoms with E-state index in [2.05, 4.69) is 10.6 Å². The molecule has 0 spiro atoms. The van der Waals surface area contributed by atoms with E-state index < -0.39 is 14.9 Å². The topological polar surface area (TPSA) is 125 Å². The molecule has 0 aliphatic carbocycles. The van der Waals surface area contributed by atoms with Gasteiger partial charge in [0.25, 0.3) is 11.6 Å². The number of anilines is 3. The number of benzene rings is 4. The van der Waals surface area contributed by atoms with Gasteiger partial charge in [-0.3, -0.25) is 19.2 Å². The molecular formula is C32H31N5O5S. The fourth-order valence-corrected chi connectivity index (χ4v) is 6.41. The number of carbonyl (C=O) groups excluding carboxylic acids is 1. The van der Waals surface area contributed by atoms with Gasteiger partial charge in [-0.15, -0.1) is 0 Å². The van der Waals surface area contributed by atoms with Crippen LogP contribution in [0.15, 0.2) is 103 Å². The Balaban J connectivity index is 1.51. The normalized spacial score (nSPS) is 13.8. The number of non-ortho nitro benzene ring substituents is 1. The molecule has 0 bridgehead atoms. The lowest BCUT2D eigenvalue weighted by Gasteiger charge is -2.26. The van der Waals surface area contributed by atoms with Gasteiger partial charge in [-0.1, -0.05) is 60.7 Å². The Kier molecular flexibility index (Phi) is 8.56. The quantitative estimate of drug-likeness (QED) is 0.134. The van der Waals surface area contributed by atoms with E-state index in [9.17, 15) is 23.3 Å². The van der Waals surface area contributed by atoms with Crippen LogP contribution in [0.5, 0.6) is 0 Å². The van der Waals surface area contributed by atoms with Gasteiger partial charge in [0.15, 0.2) is 0 Å². The Bertz CT molecular complexity index is 1770. The van der Waals surface area contributed by atoms with Gasteiger partial charge in [0.1, 0.15) is 0 Å². The molecule has 0 saturated heterocycles. The molecule has 5 rings (SSSR count).